The van der Waals surface area contributed by atoms with Crippen molar-refractivity contribution in [1.82, 2.24) is 0 Å². The lowest BCUT2D eigenvalue weighted by Gasteiger charge is -1.86. The molecule has 0 saturated carbocycles. The second kappa shape index (κ2) is 2.35. The molecule has 0 aliphatic carbocycles. The maximum Gasteiger partial charge on any atom is 0.292 e. The first-order chi connectivity index (χ1) is 3.72. The fourth-order valence-corrected chi connectivity index (χ4v) is 1.22. The fraction of sp³-hybridized carbons (Fsp3) is 0.250. The molecule has 42 valence electrons. The molecule has 4 heteroatoms. The number of nitrogens with zero attached hydrogens (tertiary/aromatic N) is 1. The van der Waals surface area contributed by atoms with E-state index in [0.29, 0.717) is 0 Å². The van der Waals surface area contributed by atoms with Gasteiger partial charge in [-0.1, -0.05) is 5.47 Å². The van der Waals surface area contributed by atoms with E-state index in [2.05, 4.69) is 43.7 Å². The molecule has 0 aromatic carbocycles. The van der Waals surface area contributed by atoms with E-state index in [0.717, 1.165) is 16.5 Å². The van der Waals surface area contributed by atoms with Crippen molar-refractivity contribution in [2.24, 2.45) is 4.90 Å². The van der Waals surface area contributed by atoms with E-state index in [4.69, 9.17) is 0 Å². The van der Waals surface area contributed by atoms with Gasteiger partial charge in [0.2, 0.25) is 0 Å². The summed E-state index contributed by atoms with van der Waals surface area (Å²) in [5.41, 5.74) is 1.29. The Bertz CT molecular complexity index is 167. The lowest BCUT2D eigenvalue weighted by molar-refractivity contribution is 1.67. The van der Waals surface area contributed by atoms with Crippen LogP contribution < -0.4 is 0 Å². The van der Waals surface area contributed by atoms with Gasteiger partial charge in [-0.15, -0.1) is 0 Å². The fourth-order valence-electron chi connectivity index (χ4n) is 0.503. The smallest absolute Gasteiger partial charge is 0.292 e. The van der Waals surface area contributed by atoms with Crippen LogP contribution in [0.25, 0.3) is 0 Å². The maximum atomic E-state index is 4.11. The van der Waals surface area contributed by atoms with Gasteiger partial charge in [0.1, 0.15) is 0 Å². The SMILES string of the molecule is CC1=C(Br)C(Br)=NB1. The molecule has 0 saturated heterocycles. The van der Waals surface area contributed by atoms with Crippen molar-refractivity contribution in [2.45, 2.75) is 6.92 Å². The Morgan fingerprint density at radius 1 is 1.50 bits per heavy atom. The normalized spacial score (nSPS) is 18.6. The molecule has 0 unspecified atom stereocenters. The van der Waals surface area contributed by atoms with Crippen molar-refractivity contribution >= 4 is 43.9 Å². The van der Waals surface area contributed by atoms with Crippen molar-refractivity contribution in [3.05, 3.63) is 9.95 Å². The lowest BCUT2D eigenvalue weighted by Crippen LogP contribution is -1.80. The van der Waals surface area contributed by atoms with Gasteiger partial charge in [-0.2, -0.15) is 0 Å². The summed E-state index contributed by atoms with van der Waals surface area (Å²) in [5.74, 6) is 0. The van der Waals surface area contributed by atoms with E-state index in [9.17, 15) is 0 Å². The van der Waals surface area contributed by atoms with Gasteiger partial charge in [-0.05, 0) is 38.8 Å². The molecule has 8 heavy (non-hydrogen) atoms. The predicted octanol–water partition coefficient (Wildman–Crippen LogP) is 1.77. The number of halogens is 2. The highest BCUT2D eigenvalue weighted by Crippen LogP contribution is 2.21. The van der Waals surface area contributed by atoms with E-state index in [1.165, 1.54) is 5.47 Å². The van der Waals surface area contributed by atoms with E-state index in [-0.39, 0.29) is 0 Å². The van der Waals surface area contributed by atoms with Crippen molar-refractivity contribution in [1.29, 1.82) is 0 Å². The molecule has 0 atom stereocenters. The minimum Gasteiger partial charge on any atom is -0.334 e. The summed E-state index contributed by atoms with van der Waals surface area (Å²) < 4.78 is 2.05. The predicted molar refractivity (Wildman–Crippen MR) is 45.1 cm³/mol. The zero-order valence-electron chi connectivity index (χ0n) is 4.41. The average Bonchev–Trinajstić information content (AvgIpc) is 1.98. The molecular formula is C4H4BBr2N. The maximum absolute atomic E-state index is 4.11. The molecule has 1 rings (SSSR count). The van der Waals surface area contributed by atoms with Gasteiger partial charge in [0.25, 0.3) is 7.41 Å². The number of hydrogen-bond acceptors (Lipinski definition) is 1. The standard InChI is InChI=1S/C4H4BBr2N/c1-2-3(6)4(7)8-5-2/h5H,1H3. The molecule has 1 nitrogen and oxygen atoms in total. The second-order valence-electron chi connectivity index (χ2n) is 1.70. The molecule has 0 radical (unpaired) electrons. The minimum absolute atomic E-state index is 0.834. The Hall–Kier alpha value is 0.435. The van der Waals surface area contributed by atoms with E-state index >= 15 is 0 Å². The number of hydrogen-bond donors (Lipinski definition) is 0. The van der Waals surface area contributed by atoms with Gasteiger partial charge >= 0.3 is 0 Å². The van der Waals surface area contributed by atoms with Gasteiger partial charge in [0, 0.05) is 4.48 Å². The Labute approximate surface area is 65.8 Å². The third-order valence-electron chi connectivity index (χ3n) is 1.01. The first-order valence-corrected chi connectivity index (χ1v) is 3.86. The topological polar surface area (TPSA) is 12.4 Å². The Morgan fingerprint density at radius 2 is 2.12 bits per heavy atom. The summed E-state index contributed by atoms with van der Waals surface area (Å²) in [4.78, 5) is 4.11. The quantitative estimate of drug-likeness (QED) is 0.569. The number of rotatable bonds is 0. The lowest BCUT2D eigenvalue weighted by atomic mass is 9.87. The van der Waals surface area contributed by atoms with Gasteiger partial charge < -0.3 is 4.90 Å². The monoisotopic (exact) mass is 235 g/mol. The first kappa shape index (κ1) is 6.55. The summed E-state index contributed by atoms with van der Waals surface area (Å²) in [6, 6.07) is 0. The van der Waals surface area contributed by atoms with E-state index < -0.39 is 0 Å². The van der Waals surface area contributed by atoms with Crippen molar-refractivity contribution in [2.75, 3.05) is 0 Å². The molecule has 0 bridgehead atoms. The highest BCUT2D eigenvalue weighted by atomic mass is 79.9. The van der Waals surface area contributed by atoms with Crippen LogP contribution in [0.5, 0.6) is 0 Å². The van der Waals surface area contributed by atoms with Crippen molar-refractivity contribution in [3.63, 3.8) is 0 Å². The average molecular weight is 237 g/mol. The van der Waals surface area contributed by atoms with Crippen LogP contribution in [0.2, 0.25) is 0 Å². The van der Waals surface area contributed by atoms with Crippen LogP contribution in [0.4, 0.5) is 0 Å². The molecule has 1 heterocycles. The van der Waals surface area contributed by atoms with Crippen LogP contribution in [-0.4, -0.2) is 12.0 Å². The Balaban J connectivity index is 2.88. The molecule has 0 aromatic rings. The molecular weight excluding hydrogens is 233 g/mol. The highest BCUT2D eigenvalue weighted by molar-refractivity contribution is 9.21. The highest BCUT2D eigenvalue weighted by Gasteiger charge is 2.10. The van der Waals surface area contributed by atoms with Gasteiger partial charge in [0.15, 0.2) is 0 Å². The Kier molecular flexibility index (Phi) is 1.93. The van der Waals surface area contributed by atoms with Crippen LogP contribution in [0.1, 0.15) is 6.92 Å². The second-order valence-corrected chi connectivity index (χ2v) is 3.25. The summed E-state index contributed by atoms with van der Waals surface area (Å²) in [7, 11) is 0.834. The van der Waals surface area contributed by atoms with Crippen LogP contribution in [0.3, 0.4) is 0 Å². The summed E-state index contributed by atoms with van der Waals surface area (Å²) in [5, 5.41) is 0. The van der Waals surface area contributed by atoms with Crippen LogP contribution in [0, 0.1) is 0 Å². The summed E-state index contributed by atoms with van der Waals surface area (Å²) in [6.07, 6.45) is 0. The van der Waals surface area contributed by atoms with E-state index in [1.807, 2.05) is 0 Å². The zero-order valence-corrected chi connectivity index (χ0v) is 7.58. The third-order valence-corrected chi connectivity index (χ3v) is 3.24. The molecule has 1 aliphatic rings. The Morgan fingerprint density at radius 3 is 2.25 bits per heavy atom. The van der Waals surface area contributed by atoms with Gasteiger partial charge in [-0.3, -0.25) is 0 Å². The molecule has 0 amide bonds. The largest absolute Gasteiger partial charge is 0.334 e. The molecule has 0 fully saturated rings. The minimum atomic E-state index is 0.834. The van der Waals surface area contributed by atoms with E-state index in [1.54, 1.807) is 0 Å². The molecule has 0 spiro atoms. The zero-order chi connectivity index (χ0) is 6.15. The molecule has 0 aromatic heterocycles. The summed E-state index contributed by atoms with van der Waals surface area (Å²) >= 11 is 6.66. The van der Waals surface area contributed by atoms with Crippen molar-refractivity contribution < 1.29 is 0 Å². The number of allylic oxidation sites excluding steroid dienone is 2. The van der Waals surface area contributed by atoms with Crippen LogP contribution >= 0.6 is 31.9 Å². The summed E-state index contributed by atoms with van der Waals surface area (Å²) in [6.45, 7) is 2.06. The van der Waals surface area contributed by atoms with Gasteiger partial charge in [-0.25, -0.2) is 0 Å². The molecule has 0 N–H and O–H groups in total. The van der Waals surface area contributed by atoms with Gasteiger partial charge in [0.05, 0.1) is 4.62 Å². The third kappa shape index (κ3) is 1.05. The van der Waals surface area contributed by atoms with Crippen molar-refractivity contribution in [3.8, 4) is 0 Å². The molecule has 1 aliphatic heterocycles. The van der Waals surface area contributed by atoms with Crippen LogP contribution in [-0.2, 0) is 0 Å². The van der Waals surface area contributed by atoms with Crippen LogP contribution in [0.15, 0.2) is 14.9 Å². The first-order valence-electron chi connectivity index (χ1n) is 2.27.